The molecule has 2 heterocycles. The van der Waals surface area contributed by atoms with Crippen molar-refractivity contribution in [3.63, 3.8) is 0 Å². The molecule has 0 saturated carbocycles. The third-order valence-electron chi connectivity index (χ3n) is 3.49. The Morgan fingerprint density at radius 1 is 1.55 bits per heavy atom. The van der Waals surface area contributed by atoms with Gasteiger partial charge in [-0.05, 0) is 18.9 Å². The van der Waals surface area contributed by atoms with E-state index in [9.17, 15) is 0 Å². The standard InChI is InChI=1S/C15H27N3OS/c1-4-14-10-18(5-6-19-14)9-13-11-20-15(17-13)8-16-7-12(2)3/h11-12,14,16H,4-10H2,1-3H3. The van der Waals surface area contributed by atoms with Crippen LogP contribution in [0.4, 0.5) is 0 Å². The monoisotopic (exact) mass is 297 g/mol. The Balaban J connectivity index is 1.77. The molecule has 4 nitrogen and oxygen atoms in total. The molecule has 1 aliphatic rings. The number of hydrogen-bond acceptors (Lipinski definition) is 5. The van der Waals surface area contributed by atoms with Gasteiger partial charge in [0.05, 0.1) is 18.4 Å². The first kappa shape index (κ1) is 15.9. The molecule has 1 aromatic rings. The molecule has 0 amide bonds. The maximum atomic E-state index is 5.71. The molecule has 2 rings (SSSR count). The van der Waals surface area contributed by atoms with E-state index in [1.165, 1.54) is 10.7 Å². The smallest absolute Gasteiger partial charge is 0.107 e. The fourth-order valence-electron chi connectivity index (χ4n) is 2.37. The van der Waals surface area contributed by atoms with Crippen LogP contribution in [0.1, 0.15) is 37.9 Å². The van der Waals surface area contributed by atoms with Gasteiger partial charge in [-0.1, -0.05) is 20.8 Å². The minimum atomic E-state index is 0.398. The summed E-state index contributed by atoms with van der Waals surface area (Å²) in [6, 6.07) is 0. The molecular formula is C15H27N3OS. The van der Waals surface area contributed by atoms with E-state index in [0.29, 0.717) is 12.0 Å². The zero-order valence-corrected chi connectivity index (χ0v) is 13.7. The summed E-state index contributed by atoms with van der Waals surface area (Å²) in [7, 11) is 0. The zero-order valence-electron chi connectivity index (χ0n) is 12.9. The lowest BCUT2D eigenvalue weighted by atomic mass is 10.2. The second-order valence-corrected chi connectivity index (χ2v) is 6.84. The van der Waals surface area contributed by atoms with Crippen LogP contribution in [0.2, 0.25) is 0 Å². The Morgan fingerprint density at radius 2 is 2.40 bits per heavy atom. The second kappa shape index (κ2) is 8.08. The van der Waals surface area contributed by atoms with E-state index in [0.717, 1.165) is 45.8 Å². The van der Waals surface area contributed by atoms with Crippen molar-refractivity contribution in [3.05, 3.63) is 16.1 Å². The van der Waals surface area contributed by atoms with Crippen LogP contribution in [0.5, 0.6) is 0 Å². The summed E-state index contributed by atoms with van der Waals surface area (Å²) in [5.41, 5.74) is 1.20. The molecule has 1 N–H and O–H groups in total. The molecule has 0 spiro atoms. The van der Waals surface area contributed by atoms with E-state index in [4.69, 9.17) is 9.72 Å². The highest BCUT2D eigenvalue weighted by atomic mass is 32.1. The highest BCUT2D eigenvalue weighted by Crippen LogP contribution is 2.15. The number of rotatable bonds is 7. The summed E-state index contributed by atoms with van der Waals surface area (Å²) in [4.78, 5) is 7.18. The normalized spacial score (nSPS) is 20.7. The third kappa shape index (κ3) is 5.13. The molecule has 114 valence electrons. The van der Waals surface area contributed by atoms with E-state index in [-0.39, 0.29) is 0 Å². The number of aromatic nitrogens is 1. The van der Waals surface area contributed by atoms with Gasteiger partial charge in [-0.25, -0.2) is 4.98 Å². The van der Waals surface area contributed by atoms with Gasteiger partial charge < -0.3 is 10.1 Å². The first-order valence-electron chi connectivity index (χ1n) is 7.65. The molecule has 1 aliphatic heterocycles. The molecule has 1 unspecified atom stereocenters. The van der Waals surface area contributed by atoms with Crippen LogP contribution in [-0.4, -0.2) is 42.2 Å². The van der Waals surface area contributed by atoms with Gasteiger partial charge in [-0.2, -0.15) is 0 Å². The Labute approximate surface area is 126 Å². The number of nitrogens with zero attached hydrogens (tertiary/aromatic N) is 2. The molecule has 0 radical (unpaired) electrons. The lowest BCUT2D eigenvalue weighted by Gasteiger charge is -2.31. The lowest BCUT2D eigenvalue weighted by Crippen LogP contribution is -2.41. The van der Waals surface area contributed by atoms with Gasteiger partial charge in [-0.3, -0.25) is 4.90 Å². The molecule has 5 heteroatoms. The van der Waals surface area contributed by atoms with Crippen LogP contribution in [0, 0.1) is 5.92 Å². The highest BCUT2D eigenvalue weighted by molar-refractivity contribution is 7.09. The molecule has 0 bridgehead atoms. The summed E-state index contributed by atoms with van der Waals surface area (Å²) < 4.78 is 5.71. The van der Waals surface area contributed by atoms with E-state index >= 15 is 0 Å². The number of morpholine rings is 1. The fourth-order valence-corrected chi connectivity index (χ4v) is 3.13. The third-order valence-corrected chi connectivity index (χ3v) is 4.39. The van der Waals surface area contributed by atoms with Crippen LogP contribution in [0.25, 0.3) is 0 Å². The van der Waals surface area contributed by atoms with Gasteiger partial charge in [0.1, 0.15) is 5.01 Å². The van der Waals surface area contributed by atoms with E-state index in [1.807, 2.05) is 0 Å². The Morgan fingerprint density at radius 3 is 3.15 bits per heavy atom. The van der Waals surface area contributed by atoms with Crippen molar-refractivity contribution in [2.75, 3.05) is 26.2 Å². The number of hydrogen-bond donors (Lipinski definition) is 1. The minimum Gasteiger partial charge on any atom is -0.376 e. The maximum absolute atomic E-state index is 5.71. The highest BCUT2D eigenvalue weighted by Gasteiger charge is 2.19. The SMILES string of the molecule is CCC1CN(Cc2csc(CNCC(C)C)n2)CCO1. The van der Waals surface area contributed by atoms with Gasteiger partial charge in [0, 0.05) is 31.6 Å². The van der Waals surface area contributed by atoms with Gasteiger partial charge in [-0.15, -0.1) is 11.3 Å². The van der Waals surface area contributed by atoms with E-state index < -0.39 is 0 Å². The van der Waals surface area contributed by atoms with E-state index in [1.54, 1.807) is 11.3 Å². The predicted molar refractivity (Wildman–Crippen MR) is 84.0 cm³/mol. The zero-order chi connectivity index (χ0) is 14.4. The second-order valence-electron chi connectivity index (χ2n) is 5.89. The molecule has 1 atom stereocenters. The number of nitrogens with one attached hydrogen (secondary N) is 1. The molecule has 1 aromatic heterocycles. The van der Waals surface area contributed by atoms with Crippen LogP contribution in [0.15, 0.2) is 5.38 Å². The van der Waals surface area contributed by atoms with Crippen LogP contribution in [-0.2, 0) is 17.8 Å². The van der Waals surface area contributed by atoms with Crippen molar-refractivity contribution in [2.24, 2.45) is 5.92 Å². The number of ether oxygens (including phenoxy) is 1. The summed E-state index contributed by atoms with van der Waals surface area (Å²) in [5, 5.41) is 6.84. The van der Waals surface area contributed by atoms with Gasteiger partial charge in [0.25, 0.3) is 0 Å². The Hall–Kier alpha value is -0.490. The molecule has 20 heavy (non-hydrogen) atoms. The topological polar surface area (TPSA) is 37.4 Å². The van der Waals surface area contributed by atoms with E-state index in [2.05, 4.69) is 36.4 Å². The van der Waals surface area contributed by atoms with Crippen molar-refractivity contribution >= 4 is 11.3 Å². The van der Waals surface area contributed by atoms with Crippen molar-refractivity contribution in [3.8, 4) is 0 Å². The molecule has 0 aromatic carbocycles. The number of thiazole rings is 1. The van der Waals surface area contributed by atoms with Crippen molar-refractivity contribution in [1.82, 2.24) is 15.2 Å². The largest absolute Gasteiger partial charge is 0.376 e. The average Bonchev–Trinajstić information content (AvgIpc) is 2.86. The Bertz CT molecular complexity index is 394. The minimum absolute atomic E-state index is 0.398. The summed E-state index contributed by atoms with van der Waals surface area (Å²) in [6.07, 6.45) is 1.49. The fraction of sp³-hybridized carbons (Fsp3) is 0.800. The van der Waals surface area contributed by atoms with Crippen molar-refractivity contribution in [2.45, 2.75) is 46.4 Å². The predicted octanol–water partition coefficient (Wildman–Crippen LogP) is 2.50. The Kier molecular flexibility index (Phi) is 6.42. The summed E-state index contributed by atoms with van der Waals surface area (Å²) in [5.74, 6) is 0.689. The molecule has 0 aliphatic carbocycles. The first-order chi connectivity index (χ1) is 9.67. The van der Waals surface area contributed by atoms with Crippen LogP contribution < -0.4 is 5.32 Å². The van der Waals surface area contributed by atoms with Gasteiger partial charge >= 0.3 is 0 Å². The summed E-state index contributed by atoms with van der Waals surface area (Å²) in [6.45, 7) is 12.5. The molecule has 1 saturated heterocycles. The van der Waals surface area contributed by atoms with Gasteiger partial charge in [0.2, 0.25) is 0 Å². The quantitative estimate of drug-likeness (QED) is 0.839. The molecule has 1 fully saturated rings. The average molecular weight is 297 g/mol. The van der Waals surface area contributed by atoms with Crippen LogP contribution in [0.3, 0.4) is 0 Å². The molecular weight excluding hydrogens is 270 g/mol. The lowest BCUT2D eigenvalue weighted by molar-refractivity contribution is -0.0327. The van der Waals surface area contributed by atoms with Crippen LogP contribution >= 0.6 is 11.3 Å². The van der Waals surface area contributed by atoms with Crippen molar-refractivity contribution < 1.29 is 4.74 Å². The maximum Gasteiger partial charge on any atom is 0.107 e. The van der Waals surface area contributed by atoms with Crippen molar-refractivity contribution in [1.29, 1.82) is 0 Å². The first-order valence-corrected chi connectivity index (χ1v) is 8.53. The summed E-state index contributed by atoms with van der Waals surface area (Å²) >= 11 is 1.76. The van der Waals surface area contributed by atoms with Gasteiger partial charge in [0.15, 0.2) is 0 Å².